The van der Waals surface area contributed by atoms with Crippen LogP contribution in [-0.2, 0) is 0 Å². The number of rotatable bonds is 0. The Morgan fingerprint density at radius 1 is 1.55 bits per heavy atom. The van der Waals surface area contributed by atoms with Gasteiger partial charge in [0.2, 0.25) is 0 Å². The van der Waals surface area contributed by atoms with Gasteiger partial charge in [-0.1, -0.05) is 26.2 Å². The van der Waals surface area contributed by atoms with Gasteiger partial charge in [0.25, 0.3) is 0 Å². The van der Waals surface area contributed by atoms with Crippen molar-refractivity contribution in [1.82, 2.24) is 0 Å². The van der Waals surface area contributed by atoms with Gasteiger partial charge in [-0.05, 0) is 0 Å². The van der Waals surface area contributed by atoms with Crippen LogP contribution in [0.1, 0.15) is 33.1 Å². The molecule has 2 bridgehead atoms. The summed E-state index contributed by atoms with van der Waals surface area (Å²) in [5, 5.41) is 0. The molecule has 0 aromatic heterocycles. The second-order valence-corrected chi connectivity index (χ2v) is 4.19. The van der Waals surface area contributed by atoms with Crippen LogP contribution < -0.4 is 18.9 Å². The summed E-state index contributed by atoms with van der Waals surface area (Å²) in [7, 11) is 0. The van der Waals surface area contributed by atoms with Gasteiger partial charge in [0.05, 0.1) is 0 Å². The van der Waals surface area contributed by atoms with E-state index in [1.165, 1.54) is 24.8 Å². The zero-order valence-electron chi connectivity index (χ0n) is 7.91. The largest absolute Gasteiger partial charge is 1.00 e. The Labute approximate surface area is 81.6 Å². The van der Waals surface area contributed by atoms with E-state index < -0.39 is 0 Å². The molecule has 0 aromatic carbocycles. The van der Waals surface area contributed by atoms with Crippen LogP contribution in [0, 0.1) is 17.3 Å². The standard InChI is InChI=1S/C10H15.Li/c1-7-8-4-5-9(6-8)10(7,2)3;/h8H,1,4-6H2,2-3H3;/q-1;+1. The van der Waals surface area contributed by atoms with Crippen molar-refractivity contribution >= 4 is 0 Å². The first-order valence-corrected chi connectivity index (χ1v) is 4.17. The molecule has 0 radical (unpaired) electrons. The van der Waals surface area contributed by atoms with E-state index in [4.69, 9.17) is 0 Å². The Morgan fingerprint density at radius 3 is 2.45 bits per heavy atom. The second kappa shape index (κ2) is 2.68. The van der Waals surface area contributed by atoms with E-state index in [2.05, 4.69) is 20.4 Å². The van der Waals surface area contributed by atoms with Gasteiger partial charge < -0.3 is 5.92 Å². The van der Waals surface area contributed by atoms with E-state index in [1.807, 2.05) is 0 Å². The van der Waals surface area contributed by atoms with Crippen molar-refractivity contribution in [3.63, 3.8) is 0 Å². The predicted molar refractivity (Wildman–Crippen MR) is 43.5 cm³/mol. The quantitative estimate of drug-likeness (QED) is 0.253. The molecule has 0 saturated heterocycles. The summed E-state index contributed by atoms with van der Waals surface area (Å²) >= 11 is 0. The first-order valence-electron chi connectivity index (χ1n) is 4.17. The van der Waals surface area contributed by atoms with Crippen LogP contribution in [0.5, 0.6) is 0 Å². The fraction of sp³-hybridized carbons (Fsp3) is 0.700. The Morgan fingerprint density at radius 2 is 2.18 bits per heavy atom. The molecule has 0 heterocycles. The summed E-state index contributed by atoms with van der Waals surface area (Å²) < 4.78 is 0. The van der Waals surface area contributed by atoms with Crippen molar-refractivity contribution in [3.8, 4) is 0 Å². The monoisotopic (exact) mass is 142 g/mol. The molecule has 1 heteroatoms. The third-order valence-corrected chi connectivity index (χ3v) is 3.47. The minimum absolute atomic E-state index is 0. The van der Waals surface area contributed by atoms with E-state index in [1.54, 1.807) is 5.92 Å². The Bertz CT molecular complexity index is 181. The fourth-order valence-electron chi connectivity index (χ4n) is 2.45. The van der Waals surface area contributed by atoms with Gasteiger partial charge in [0.1, 0.15) is 0 Å². The summed E-state index contributed by atoms with van der Waals surface area (Å²) in [6.45, 7) is 8.82. The molecular formula is C10H15Li. The first-order chi connectivity index (χ1) is 4.62. The topological polar surface area (TPSA) is 0 Å². The number of fused-ring (bicyclic) bond motifs is 2. The molecule has 1 unspecified atom stereocenters. The van der Waals surface area contributed by atoms with Crippen molar-refractivity contribution in [2.75, 3.05) is 0 Å². The van der Waals surface area contributed by atoms with E-state index >= 15 is 0 Å². The SMILES string of the molecule is C=C1C2CC[C-](C2)C1(C)C.[Li+]. The van der Waals surface area contributed by atoms with Gasteiger partial charge in [-0.3, -0.25) is 0 Å². The second-order valence-electron chi connectivity index (χ2n) is 4.19. The average Bonchev–Trinajstić information content (AvgIpc) is 2.37. The van der Waals surface area contributed by atoms with E-state index in [0.29, 0.717) is 5.41 Å². The molecular weight excluding hydrogens is 127 g/mol. The molecule has 0 spiro atoms. The predicted octanol–water partition coefficient (Wildman–Crippen LogP) is -0.0390. The Balaban J connectivity index is 0.000000605. The maximum atomic E-state index is 4.17. The smallest absolute Gasteiger partial charge is 0.304 e. The van der Waals surface area contributed by atoms with Crippen molar-refractivity contribution in [2.45, 2.75) is 33.1 Å². The fourth-order valence-corrected chi connectivity index (χ4v) is 2.45. The summed E-state index contributed by atoms with van der Waals surface area (Å²) in [6.07, 6.45) is 4.11. The van der Waals surface area contributed by atoms with Gasteiger partial charge >= 0.3 is 18.9 Å². The van der Waals surface area contributed by atoms with Crippen molar-refractivity contribution in [1.29, 1.82) is 0 Å². The van der Waals surface area contributed by atoms with Crippen LogP contribution in [0.15, 0.2) is 12.2 Å². The maximum absolute atomic E-state index is 4.17. The molecule has 11 heavy (non-hydrogen) atoms. The minimum atomic E-state index is 0. The number of hydrogen-bond acceptors (Lipinski definition) is 0. The summed E-state index contributed by atoms with van der Waals surface area (Å²) in [4.78, 5) is 0. The normalized spacial score (nSPS) is 34.0. The molecule has 0 aliphatic heterocycles. The third-order valence-electron chi connectivity index (χ3n) is 3.47. The van der Waals surface area contributed by atoms with E-state index in [-0.39, 0.29) is 18.9 Å². The molecule has 0 N–H and O–H groups in total. The van der Waals surface area contributed by atoms with Gasteiger partial charge in [-0.15, -0.1) is 17.6 Å². The molecule has 0 amide bonds. The van der Waals surface area contributed by atoms with Gasteiger partial charge in [0, 0.05) is 0 Å². The molecule has 2 aliphatic carbocycles. The van der Waals surface area contributed by atoms with Crippen molar-refractivity contribution in [2.24, 2.45) is 11.3 Å². The molecule has 56 valence electrons. The van der Waals surface area contributed by atoms with Gasteiger partial charge in [-0.25, -0.2) is 0 Å². The van der Waals surface area contributed by atoms with Crippen LogP contribution in [0.4, 0.5) is 0 Å². The van der Waals surface area contributed by atoms with E-state index in [9.17, 15) is 0 Å². The maximum Gasteiger partial charge on any atom is 1.00 e. The number of hydrogen-bond donors (Lipinski definition) is 0. The zero-order chi connectivity index (χ0) is 7.35. The van der Waals surface area contributed by atoms with Crippen LogP contribution >= 0.6 is 0 Å². The summed E-state index contributed by atoms with van der Waals surface area (Å²) in [6, 6.07) is 0. The first kappa shape index (κ1) is 9.43. The average molecular weight is 142 g/mol. The van der Waals surface area contributed by atoms with Crippen LogP contribution in [-0.4, -0.2) is 0 Å². The van der Waals surface area contributed by atoms with Crippen LogP contribution in [0.25, 0.3) is 0 Å². The van der Waals surface area contributed by atoms with Crippen LogP contribution in [0.2, 0.25) is 0 Å². The molecule has 2 saturated carbocycles. The molecule has 0 nitrogen and oxygen atoms in total. The summed E-state index contributed by atoms with van der Waals surface area (Å²) in [5.41, 5.74) is 1.89. The van der Waals surface area contributed by atoms with E-state index in [0.717, 1.165) is 5.92 Å². The van der Waals surface area contributed by atoms with Crippen molar-refractivity contribution in [3.05, 3.63) is 18.1 Å². The molecule has 0 aromatic rings. The van der Waals surface area contributed by atoms with Gasteiger partial charge in [0.15, 0.2) is 0 Å². The van der Waals surface area contributed by atoms with Crippen molar-refractivity contribution < 1.29 is 18.9 Å². The molecule has 1 atom stereocenters. The van der Waals surface area contributed by atoms with Gasteiger partial charge in [-0.2, -0.15) is 12.8 Å². The molecule has 2 fully saturated rings. The molecule has 2 rings (SSSR count). The summed E-state index contributed by atoms with van der Waals surface area (Å²) in [5.74, 6) is 2.60. The molecule has 2 aliphatic rings. The number of allylic oxidation sites excluding steroid dienone is 1. The third kappa shape index (κ3) is 1.12. The van der Waals surface area contributed by atoms with Crippen LogP contribution in [0.3, 0.4) is 0 Å². The minimum Gasteiger partial charge on any atom is -0.304 e. The zero-order valence-corrected chi connectivity index (χ0v) is 7.91. The Hall–Kier alpha value is 0.337. The Kier molecular flexibility index (Phi) is 2.30.